The smallest absolute Gasteiger partial charge is 0.140 e. The van der Waals surface area contributed by atoms with Gasteiger partial charge in [0.25, 0.3) is 0 Å². The maximum atomic E-state index is 12.4. The van der Waals surface area contributed by atoms with Crippen molar-refractivity contribution < 1.29 is 9.53 Å². The standard InChI is InChI=1S/C17H24O2/c1-4-13-6-7-14(10-13)16(18)11-15-9-12(2)5-8-17(15)19-3/h5,8-9,13-14H,4,6-7,10-11H2,1-3H3. The second kappa shape index (κ2) is 6.23. The summed E-state index contributed by atoms with van der Waals surface area (Å²) in [6, 6.07) is 6.06. The fourth-order valence-corrected chi connectivity index (χ4v) is 3.12. The van der Waals surface area contributed by atoms with Crippen LogP contribution in [0, 0.1) is 18.8 Å². The number of carbonyl (C=O) groups excluding carboxylic acids is 1. The Morgan fingerprint density at radius 1 is 1.37 bits per heavy atom. The summed E-state index contributed by atoms with van der Waals surface area (Å²) in [4.78, 5) is 12.4. The monoisotopic (exact) mass is 260 g/mol. The summed E-state index contributed by atoms with van der Waals surface area (Å²) >= 11 is 0. The molecule has 2 nitrogen and oxygen atoms in total. The quantitative estimate of drug-likeness (QED) is 0.801. The molecule has 0 saturated heterocycles. The van der Waals surface area contributed by atoms with Gasteiger partial charge in [0, 0.05) is 17.9 Å². The first-order valence-corrected chi connectivity index (χ1v) is 7.30. The molecule has 0 aliphatic heterocycles. The zero-order valence-corrected chi connectivity index (χ0v) is 12.2. The molecule has 0 heterocycles. The van der Waals surface area contributed by atoms with Crippen LogP contribution in [0.15, 0.2) is 18.2 Å². The molecule has 0 spiro atoms. The van der Waals surface area contributed by atoms with E-state index in [1.54, 1.807) is 7.11 Å². The molecule has 2 unspecified atom stereocenters. The van der Waals surface area contributed by atoms with Gasteiger partial charge in [-0.25, -0.2) is 0 Å². The number of Topliss-reactive ketones (excluding diaryl/α,β-unsaturated/α-hetero) is 1. The van der Waals surface area contributed by atoms with E-state index in [-0.39, 0.29) is 5.92 Å². The van der Waals surface area contributed by atoms with Crippen LogP contribution in [0.5, 0.6) is 5.75 Å². The third-order valence-corrected chi connectivity index (χ3v) is 4.37. The summed E-state index contributed by atoms with van der Waals surface area (Å²) in [7, 11) is 1.67. The molecule has 1 saturated carbocycles. The lowest BCUT2D eigenvalue weighted by Crippen LogP contribution is -2.14. The summed E-state index contributed by atoms with van der Waals surface area (Å²) in [5, 5.41) is 0. The third kappa shape index (κ3) is 3.37. The molecule has 1 aliphatic carbocycles. The van der Waals surface area contributed by atoms with Gasteiger partial charge in [-0.1, -0.05) is 31.0 Å². The fraction of sp³-hybridized carbons (Fsp3) is 0.588. The number of aryl methyl sites for hydroxylation is 1. The molecule has 0 aromatic heterocycles. The van der Waals surface area contributed by atoms with Gasteiger partial charge in [0.1, 0.15) is 11.5 Å². The van der Waals surface area contributed by atoms with Crippen LogP contribution in [0.25, 0.3) is 0 Å². The van der Waals surface area contributed by atoms with Crippen LogP contribution < -0.4 is 4.74 Å². The Bertz CT molecular complexity index is 451. The summed E-state index contributed by atoms with van der Waals surface area (Å²) < 4.78 is 5.35. The molecular formula is C17H24O2. The molecular weight excluding hydrogens is 236 g/mol. The average molecular weight is 260 g/mol. The highest BCUT2D eigenvalue weighted by Crippen LogP contribution is 2.34. The van der Waals surface area contributed by atoms with Crippen molar-refractivity contribution in [3.63, 3.8) is 0 Å². The Morgan fingerprint density at radius 3 is 2.79 bits per heavy atom. The van der Waals surface area contributed by atoms with Crippen molar-refractivity contribution in [3.8, 4) is 5.75 Å². The van der Waals surface area contributed by atoms with E-state index in [0.717, 1.165) is 30.1 Å². The number of ketones is 1. The molecule has 2 heteroatoms. The van der Waals surface area contributed by atoms with Gasteiger partial charge in [0.15, 0.2) is 0 Å². The fourth-order valence-electron chi connectivity index (χ4n) is 3.12. The molecule has 0 bridgehead atoms. The van der Waals surface area contributed by atoms with E-state index in [1.807, 2.05) is 12.1 Å². The van der Waals surface area contributed by atoms with E-state index < -0.39 is 0 Å². The first-order chi connectivity index (χ1) is 9.13. The minimum absolute atomic E-state index is 0.273. The van der Waals surface area contributed by atoms with E-state index in [0.29, 0.717) is 12.2 Å². The van der Waals surface area contributed by atoms with Crippen molar-refractivity contribution in [1.82, 2.24) is 0 Å². The minimum atomic E-state index is 0.273. The van der Waals surface area contributed by atoms with Crippen LogP contribution in [-0.4, -0.2) is 12.9 Å². The first-order valence-electron chi connectivity index (χ1n) is 7.30. The molecule has 0 N–H and O–H groups in total. The lowest BCUT2D eigenvalue weighted by atomic mass is 9.94. The molecule has 1 aromatic rings. The van der Waals surface area contributed by atoms with Crippen LogP contribution in [0.3, 0.4) is 0 Å². The molecule has 1 aromatic carbocycles. The van der Waals surface area contributed by atoms with Crippen molar-refractivity contribution in [1.29, 1.82) is 0 Å². The number of ether oxygens (including phenoxy) is 1. The van der Waals surface area contributed by atoms with E-state index in [9.17, 15) is 4.79 Å². The van der Waals surface area contributed by atoms with Crippen LogP contribution in [0.4, 0.5) is 0 Å². The Morgan fingerprint density at radius 2 is 2.16 bits per heavy atom. The second-order valence-electron chi connectivity index (χ2n) is 5.74. The highest BCUT2D eigenvalue weighted by atomic mass is 16.5. The minimum Gasteiger partial charge on any atom is -0.496 e. The lowest BCUT2D eigenvalue weighted by Gasteiger charge is -2.12. The molecule has 0 amide bonds. The van der Waals surface area contributed by atoms with Crippen LogP contribution in [0.1, 0.15) is 43.7 Å². The summed E-state index contributed by atoms with van der Waals surface area (Å²) in [5.41, 5.74) is 2.22. The van der Waals surface area contributed by atoms with Gasteiger partial charge in [-0.05, 0) is 38.2 Å². The third-order valence-electron chi connectivity index (χ3n) is 4.37. The van der Waals surface area contributed by atoms with E-state index >= 15 is 0 Å². The number of carbonyl (C=O) groups is 1. The van der Waals surface area contributed by atoms with Gasteiger partial charge in [-0.15, -0.1) is 0 Å². The van der Waals surface area contributed by atoms with Crippen LogP contribution in [0.2, 0.25) is 0 Å². The van der Waals surface area contributed by atoms with Gasteiger partial charge >= 0.3 is 0 Å². The zero-order chi connectivity index (χ0) is 13.8. The number of methoxy groups -OCH3 is 1. The normalized spacial score (nSPS) is 22.5. The first kappa shape index (κ1) is 14.1. The van der Waals surface area contributed by atoms with Gasteiger partial charge < -0.3 is 4.74 Å². The highest BCUT2D eigenvalue weighted by molar-refractivity contribution is 5.84. The summed E-state index contributed by atoms with van der Waals surface area (Å²) in [5.74, 6) is 2.26. The molecule has 19 heavy (non-hydrogen) atoms. The Labute approximate surface area is 116 Å². The molecule has 0 radical (unpaired) electrons. The zero-order valence-electron chi connectivity index (χ0n) is 12.2. The number of benzene rings is 1. The Balaban J connectivity index is 2.05. The predicted molar refractivity (Wildman–Crippen MR) is 77.6 cm³/mol. The molecule has 1 fully saturated rings. The Hall–Kier alpha value is -1.31. The molecule has 1 aliphatic rings. The van der Waals surface area contributed by atoms with Gasteiger partial charge in [-0.3, -0.25) is 4.79 Å². The van der Waals surface area contributed by atoms with Crippen molar-refractivity contribution in [2.24, 2.45) is 11.8 Å². The molecule has 2 rings (SSSR count). The van der Waals surface area contributed by atoms with E-state index in [4.69, 9.17) is 4.74 Å². The maximum absolute atomic E-state index is 12.4. The van der Waals surface area contributed by atoms with Gasteiger partial charge in [0.05, 0.1) is 7.11 Å². The van der Waals surface area contributed by atoms with Crippen molar-refractivity contribution in [2.45, 2.75) is 46.0 Å². The topological polar surface area (TPSA) is 26.3 Å². The predicted octanol–water partition coefficient (Wildman–Crippen LogP) is 3.94. The number of rotatable bonds is 5. The van der Waals surface area contributed by atoms with Crippen LogP contribution in [-0.2, 0) is 11.2 Å². The number of hydrogen-bond acceptors (Lipinski definition) is 2. The SMILES string of the molecule is CCC1CCC(C(=O)Cc2cc(C)ccc2OC)C1. The van der Waals surface area contributed by atoms with Gasteiger partial charge in [0.2, 0.25) is 0 Å². The second-order valence-corrected chi connectivity index (χ2v) is 5.74. The molecule has 104 valence electrons. The van der Waals surface area contributed by atoms with Crippen LogP contribution >= 0.6 is 0 Å². The highest BCUT2D eigenvalue weighted by Gasteiger charge is 2.28. The molecule has 2 atom stereocenters. The van der Waals surface area contributed by atoms with E-state index in [2.05, 4.69) is 19.9 Å². The lowest BCUT2D eigenvalue weighted by molar-refractivity contribution is -0.122. The van der Waals surface area contributed by atoms with E-state index in [1.165, 1.54) is 18.4 Å². The average Bonchev–Trinajstić information content (AvgIpc) is 2.88. The van der Waals surface area contributed by atoms with Gasteiger partial charge in [-0.2, -0.15) is 0 Å². The Kier molecular flexibility index (Phi) is 4.62. The largest absolute Gasteiger partial charge is 0.496 e. The maximum Gasteiger partial charge on any atom is 0.140 e. The van der Waals surface area contributed by atoms with Crippen molar-refractivity contribution in [3.05, 3.63) is 29.3 Å². The summed E-state index contributed by atoms with van der Waals surface area (Å²) in [6.45, 7) is 4.28. The summed E-state index contributed by atoms with van der Waals surface area (Å²) in [6.07, 6.45) is 5.11. The number of hydrogen-bond donors (Lipinski definition) is 0. The van der Waals surface area contributed by atoms with Crippen molar-refractivity contribution in [2.75, 3.05) is 7.11 Å². The van der Waals surface area contributed by atoms with Crippen molar-refractivity contribution >= 4 is 5.78 Å².